The van der Waals surface area contributed by atoms with Gasteiger partial charge < -0.3 is 14.5 Å². The zero-order valence-corrected chi connectivity index (χ0v) is 16.2. The molecule has 0 bridgehead atoms. The first kappa shape index (κ1) is 19.6. The van der Waals surface area contributed by atoms with Gasteiger partial charge in [0.25, 0.3) is 0 Å². The molecular formula is C17H24ClN3O4S. The maximum atomic E-state index is 12.7. The molecule has 0 aromatic heterocycles. The highest BCUT2D eigenvalue weighted by atomic mass is 35.5. The van der Waals surface area contributed by atoms with Crippen LogP contribution < -0.4 is 0 Å². The quantitative estimate of drug-likeness (QED) is 0.733. The van der Waals surface area contributed by atoms with Crippen molar-refractivity contribution in [1.82, 2.24) is 14.1 Å². The highest BCUT2D eigenvalue weighted by Gasteiger charge is 2.30. The first-order valence-corrected chi connectivity index (χ1v) is 10.6. The van der Waals surface area contributed by atoms with Crippen LogP contribution in [0.3, 0.4) is 0 Å². The predicted molar refractivity (Wildman–Crippen MR) is 98.7 cm³/mol. The van der Waals surface area contributed by atoms with E-state index in [2.05, 4.69) is 4.90 Å². The Morgan fingerprint density at radius 3 is 2.35 bits per heavy atom. The minimum Gasteiger partial charge on any atom is -0.378 e. The van der Waals surface area contributed by atoms with E-state index < -0.39 is 10.0 Å². The number of morpholine rings is 1. The summed E-state index contributed by atoms with van der Waals surface area (Å²) in [5, 5.41) is 0.242. The third kappa shape index (κ3) is 4.55. The summed E-state index contributed by atoms with van der Waals surface area (Å²) >= 11 is 6.05. The van der Waals surface area contributed by atoms with Gasteiger partial charge in [0.1, 0.15) is 4.90 Å². The van der Waals surface area contributed by atoms with Crippen LogP contribution in [0.2, 0.25) is 5.02 Å². The second kappa shape index (κ2) is 8.67. The number of sulfonamides is 1. The second-order valence-electron chi connectivity index (χ2n) is 6.42. The van der Waals surface area contributed by atoms with E-state index in [9.17, 15) is 13.2 Å². The molecule has 26 heavy (non-hydrogen) atoms. The SMILES string of the molecule is O=C(CCN1CCN(S(=O)(=O)c2ccccc2Cl)CC1)N1CCOCC1. The number of hydrogen-bond donors (Lipinski definition) is 0. The Morgan fingerprint density at radius 1 is 1.04 bits per heavy atom. The van der Waals surface area contributed by atoms with Crippen LogP contribution in [0.1, 0.15) is 6.42 Å². The van der Waals surface area contributed by atoms with Gasteiger partial charge in [-0.15, -0.1) is 0 Å². The number of hydrogen-bond acceptors (Lipinski definition) is 5. The highest BCUT2D eigenvalue weighted by Crippen LogP contribution is 2.25. The number of carbonyl (C=O) groups excluding carboxylic acids is 1. The lowest BCUT2D eigenvalue weighted by Gasteiger charge is -2.34. The molecule has 2 aliphatic heterocycles. The number of nitrogens with zero attached hydrogens (tertiary/aromatic N) is 3. The summed E-state index contributed by atoms with van der Waals surface area (Å²) in [6.45, 7) is 5.19. The van der Waals surface area contributed by atoms with Gasteiger partial charge in [-0.25, -0.2) is 8.42 Å². The smallest absolute Gasteiger partial charge is 0.244 e. The first-order valence-electron chi connectivity index (χ1n) is 8.81. The summed E-state index contributed by atoms with van der Waals surface area (Å²) in [5.74, 6) is 0.138. The van der Waals surface area contributed by atoms with Crippen LogP contribution in [0.15, 0.2) is 29.2 Å². The van der Waals surface area contributed by atoms with Crippen LogP contribution in [-0.4, -0.2) is 87.5 Å². The molecule has 0 N–H and O–H groups in total. The van der Waals surface area contributed by atoms with Gasteiger partial charge in [-0.3, -0.25) is 4.79 Å². The molecule has 2 saturated heterocycles. The molecule has 1 aromatic rings. The Balaban J connectivity index is 1.49. The van der Waals surface area contributed by atoms with Crippen molar-refractivity contribution in [2.45, 2.75) is 11.3 Å². The van der Waals surface area contributed by atoms with E-state index in [1.165, 1.54) is 10.4 Å². The van der Waals surface area contributed by atoms with Crippen molar-refractivity contribution < 1.29 is 17.9 Å². The number of amides is 1. The van der Waals surface area contributed by atoms with E-state index in [-0.39, 0.29) is 15.8 Å². The number of carbonyl (C=O) groups is 1. The van der Waals surface area contributed by atoms with Gasteiger partial charge in [0.05, 0.1) is 18.2 Å². The van der Waals surface area contributed by atoms with Gasteiger partial charge >= 0.3 is 0 Å². The predicted octanol–water partition coefficient (Wildman–Crippen LogP) is 0.895. The van der Waals surface area contributed by atoms with Crippen molar-refractivity contribution in [2.24, 2.45) is 0 Å². The molecule has 3 rings (SSSR count). The van der Waals surface area contributed by atoms with E-state index in [0.29, 0.717) is 65.4 Å². The lowest BCUT2D eigenvalue weighted by Crippen LogP contribution is -2.49. The van der Waals surface area contributed by atoms with Crippen molar-refractivity contribution in [3.05, 3.63) is 29.3 Å². The van der Waals surface area contributed by atoms with Crippen molar-refractivity contribution in [1.29, 1.82) is 0 Å². The van der Waals surface area contributed by atoms with Gasteiger partial charge in [-0.05, 0) is 12.1 Å². The van der Waals surface area contributed by atoms with Gasteiger partial charge in [0, 0.05) is 52.2 Å². The summed E-state index contributed by atoms with van der Waals surface area (Å²) in [6.07, 6.45) is 0.456. The topological polar surface area (TPSA) is 70.2 Å². The standard InChI is InChI=1S/C17H24ClN3O4S/c18-15-3-1-2-4-16(15)26(23,24)21-9-7-19(8-10-21)6-5-17(22)20-11-13-25-14-12-20/h1-4H,5-14H2. The molecule has 2 fully saturated rings. The minimum absolute atomic E-state index is 0.138. The zero-order valence-electron chi connectivity index (χ0n) is 14.6. The van der Waals surface area contributed by atoms with Gasteiger partial charge in [-0.1, -0.05) is 23.7 Å². The lowest BCUT2D eigenvalue weighted by molar-refractivity contribution is -0.135. The molecule has 2 heterocycles. The van der Waals surface area contributed by atoms with E-state index in [0.717, 1.165) is 0 Å². The van der Waals surface area contributed by atoms with Crippen LogP contribution in [0.5, 0.6) is 0 Å². The van der Waals surface area contributed by atoms with Crippen molar-refractivity contribution in [3.8, 4) is 0 Å². The Kier molecular flexibility index (Phi) is 6.52. The molecular weight excluding hydrogens is 378 g/mol. The molecule has 144 valence electrons. The Labute approximate surface area is 159 Å². The molecule has 9 heteroatoms. The van der Waals surface area contributed by atoms with Gasteiger partial charge in [0.2, 0.25) is 15.9 Å². The second-order valence-corrected chi connectivity index (χ2v) is 8.73. The lowest BCUT2D eigenvalue weighted by atomic mass is 10.3. The van der Waals surface area contributed by atoms with Crippen molar-refractivity contribution in [3.63, 3.8) is 0 Å². The number of piperazine rings is 1. The molecule has 0 radical (unpaired) electrons. The molecule has 2 aliphatic rings. The monoisotopic (exact) mass is 401 g/mol. The summed E-state index contributed by atoms with van der Waals surface area (Å²) < 4.78 is 32.2. The maximum absolute atomic E-state index is 12.7. The van der Waals surface area contributed by atoms with E-state index in [4.69, 9.17) is 16.3 Å². The Bertz CT molecular complexity index is 729. The maximum Gasteiger partial charge on any atom is 0.244 e. The van der Waals surface area contributed by atoms with Crippen molar-refractivity contribution in [2.75, 3.05) is 59.0 Å². The van der Waals surface area contributed by atoms with Gasteiger partial charge in [0.15, 0.2) is 0 Å². The molecule has 1 amide bonds. The van der Waals surface area contributed by atoms with E-state index >= 15 is 0 Å². The normalized spacial score (nSPS) is 20.3. The highest BCUT2D eigenvalue weighted by molar-refractivity contribution is 7.89. The van der Waals surface area contributed by atoms with Crippen LogP contribution in [0.4, 0.5) is 0 Å². The third-order valence-corrected chi connectivity index (χ3v) is 7.19. The summed E-state index contributed by atoms with van der Waals surface area (Å²) in [6, 6.07) is 6.50. The number of rotatable bonds is 5. The largest absolute Gasteiger partial charge is 0.378 e. The molecule has 0 spiro atoms. The van der Waals surface area contributed by atoms with Crippen molar-refractivity contribution >= 4 is 27.5 Å². The Morgan fingerprint density at radius 2 is 1.69 bits per heavy atom. The first-order chi connectivity index (χ1) is 12.5. The average Bonchev–Trinajstić information content (AvgIpc) is 2.67. The fourth-order valence-corrected chi connectivity index (χ4v) is 5.13. The fraction of sp³-hybridized carbons (Fsp3) is 0.588. The number of benzene rings is 1. The van der Waals surface area contributed by atoms with Crippen LogP contribution in [0, 0.1) is 0 Å². The van der Waals surface area contributed by atoms with E-state index in [1.807, 2.05) is 4.90 Å². The fourth-order valence-electron chi connectivity index (χ4n) is 3.21. The van der Waals surface area contributed by atoms with Crippen LogP contribution in [0.25, 0.3) is 0 Å². The van der Waals surface area contributed by atoms with Crippen LogP contribution >= 0.6 is 11.6 Å². The Hall–Kier alpha value is -1.19. The molecule has 7 nitrogen and oxygen atoms in total. The zero-order chi connectivity index (χ0) is 18.6. The molecule has 0 aliphatic carbocycles. The van der Waals surface area contributed by atoms with Gasteiger partial charge in [-0.2, -0.15) is 4.31 Å². The minimum atomic E-state index is -3.58. The number of ether oxygens (including phenoxy) is 1. The molecule has 0 unspecified atom stereocenters. The van der Waals surface area contributed by atoms with E-state index in [1.54, 1.807) is 18.2 Å². The van der Waals surface area contributed by atoms with Crippen LogP contribution in [-0.2, 0) is 19.6 Å². The average molecular weight is 402 g/mol. The molecule has 0 atom stereocenters. The third-order valence-electron chi connectivity index (χ3n) is 4.79. The summed E-state index contributed by atoms with van der Waals surface area (Å²) in [7, 11) is -3.58. The summed E-state index contributed by atoms with van der Waals surface area (Å²) in [4.78, 5) is 16.3. The number of halogens is 1. The molecule has 1 aromatic carbocycles. The molecule has 0 saturated carbocycles. The summed E-state index contributed by atoms with van der Waals surface area (Å²) in [5.41, 5.74) is 0.